The number of benzene rings is 2. The van der Waals surface area contributed by atoms with Crippen LogP contribution in [0.5, 0.6) is 23.0 Å². The van der Waals surface area contributed by atoms with Crippen LogP contribution in [-0.2, 0) is 16.6 Å². The van der Waals surface area contributed by atoms with E-state index in [0.717, 1.165) is 36.6 Å². The summed E-state index contributed by atoms with van der Waals surface area (Å²) in [6.45, 7) is 5.78. The molecule has 0 spiro atoms. The Morgan fingerprint density at radius 2 is 1.39 bits per heavy atom. The Hall–Kier alpha value is -2.66. The van der Waals surface area contributed by atoms with Crippen LogP contribution in [0.3, 0.4) is 0 Å². The Bertz CT molecular complexity index is 994. The summed E-state index contributed by atoms with van der Waals surface area (Å²) < 4.78 is 27.6. The van der Waals surface area contributed by atoms with Gasteiger partial charge in [-0.3, -0.25) is 0 Å². The molecular formula is C28H41ClN2O5. The number of ether oxygens (including phenoxy) is 5. The molecule has 0 N–H and O–H groups in total. The molecule has 7 nitrogen and oxygen atoms in total. The quantitative estimate of drug-likeness (QED) is 0.341. The molecule has 0 aliphatic rings. The summed E-state index contributed by atoms with van der Waals surface area (Å²) in [5.74, 6) is 2.72. The second-order valence-corrected chi connectivity index (χ2v) is 8.96. The minimum atomic E-state index is -0.835. The van der Waals surface area contributed by atoms with Crippen molar-refractivity contribution in [2.75, 3.05) is 55.7 Å². The molecule has 0 saturated carbocycles. The third kappa shape index (κ3) is 6.97. The molecule has 8 heteroatoms. The lowest BCUT2D eigenvalue weighted by atomic mass is 9.67. The van der Waals surface area contributed by atoms with Crippen LogP contribution >= 0.6 is 12.4 Å². The highest BCUT2D eigenvalue weighted by Gasteiger charge is 2.44. The van der Waals surface area contributed by atoms with Gasteiger partial charge in [-0.05, 0) is 61.2 Å². The van der Waals surface area contributed by atoms with E-state index in [1.807, 2.05) is 30.3 Å². The maximum atomic E-state index is 10.5. The Kier molecular flexibility index (Phi) is 12.9. The van der Waals surface area contributed by atoms with Crippen LogP contribution in [0, 0.1) is 17.2 Å². The standard InChI is InChI=1S/C28H40N2O5.ClH/c1-20(2)28(19-29,22-10-12-24(32-5)26(18-22)34-7)27(35-8)14-16-30(3)15-13-21-9-11-23(31-4)25(17-21)33-6;/h9-12,17-18,20,27H,13-16H2,1-8H3;1H. The Balaban J connectivity index is 0.00000648. The Morgan fingerprint density at radius 1 is 0.833 bits per heavy atom. The maximum absolute atomic E-state index is 10.5. The Labute approximate surface area is 222 Å². The van der Waals surface area contributed by atoms with Crippen LogP contribution in [0.2, 0.25) is 0 Å². The van der Waals surface area contributed by atoms with Crippen molar-refractivity contribution in [2.24, 2.45) is 5.92 Å². The van der Waals surface area contributed by atoms with Crippen molar-refractivity contribution in [1.29, 1.82) is 5.26 Å². The van der Waals surface area contributed by atoms with Crippen LogP contribution in [0.25, 0.3) is 0 Å². The summed E-state index contributed by atoms with van der Waals surface area (Å²) in [5, 5.41) is 10.5. The van der Waals surface area contributed by atoms with Gasteiger partial charge in [-0.1, -0.05) is 26.0 Å². The van der Waals surface area contributed by atoms with Crippen LogP contribution in [0.1, 0.15) is 31.4 Å². The summed E-state index contributed by atoms with van der Waals surface area (Å²) in [6, 6.07) is 14.3. The van der Waals surface area contributed by atoms with Crippen LogP contribution < -0.4 is 18.9 Å². The second kappa shape index (κ2) is 14.8. The largest absolute Gasteiger partial charge is 0.493 e. The molecule has 2 atom stereocenters. The van der Waals surface area contributed by atoms with E-state index in [0.29, 0.717) is 17.9 Å². The van der Waals surface area contributed by atoms with Gasteiger partial charge >= 0.3 is 0 Å². The van der Waals surface area contributed by atoms with Crippen LogP contribution in [-0.4, -0.2) is 66.7 Å². The summed E-state index contributed by atoms with van der Waals surface area (Å²) in [7, 11) is 10.3. The van der Waals surface area contributed by atoms with E-state index >= 15 is 0 Å². The van der Waals surface area contributed by atoms with Crippen LogP contribution in [0.4, 0.5) is 0 Å². The van der Waals surface area contributed by atoms with Gasteiger partial charge in [-0.25, -0.2) is 0 Å². The van der Waals surface area contributed by atoms with Crippen molar-refractivity contribution < 1.29 is 23.7 Å². The zero-order valence-corrected chi connectivity index (χ0v) is 23.6. The number of nitrogens with zero attached hydrogens (tertiary/aromatic N) is 2. The van der Waals surface area contributed by atoms with E-state index in [-0.39, 0.29) is 24.4 Å². The van der Waals surface area contributed by atoms with Gasteiger partial charge in [0.1, 0.15) is 5.41 Å². The minimum absolute atomic E-state index is 0. The lowest BCUT2D eigenvalue weighted by Gasteiger charge is -2.39. The fraction of sp³-hybridized carbons (Fsp3) is 0.536. The van der Waals surface area contributed by atoms with Gasteiger partial charge in [0.2, 0.25) is 0 Å². The van der Waals surface area contributed by atoms with E-state index in [4.69, 9.17) is 23.7 Å². The zero-order chi connectivity index (χ0) is 26.0. The molecule has 2 rings (SSSR count). The van der Waals surface area contributed by atoms with Crippen molar-refractivity contribution in [2.45, 2.75) is 38.2 Å². The number of hydrogen-bond donors (Lipinski definition) is 0. The monoisotopic (exact) mass is 520 g/mol. The van der Waals surface area contributed by atoms with Crippen molar-refractivity contribution in [3.63, 3.8) is 0 Å². The Morgan fingerprint density at radius 3 is 1.89 bits per heavy atom. The van der Waals surface area contributed by atoms with E-state index in [1.165, 1.54) is 5.56 Å². The molecule has 0 fully saturated rings. The van der Waals surface area contributed by atoms with E-state index in [1.54, 1.807) is 35.5 Å². The summed E-state index contributed by atoms with van der Waals surface area (Å²) in [6.07, 6.45) is 1.28. The van der Waals surface area contributed by atoms with Crippen molar-refractivity contribution in [1.82, 2.24) is 4.90 Å². The molecule has 2 unspecified atom stereocenters. The van der Waals surface area contributed by atoms with Crippen molar-refractivity contribution in [3.8, 4) is 29.1 Å². The van der Waals surface area contributed by atoms with E-state index in [9.17, 15) is 5.26 Å². The minimum Gasteiger partial charge on any atom is -0.493 e. The summed E-state index contributed by atoms with van der Waals surface area (Å²) in [4.78, 5) is 2.26. The first kappa shape index (κ1) is 31.4. The average molecular weight is 521 g/mol. The lowest BCUT2D eigenvalue weighted by molar-refractivity contribution is 0.0226. The average Bonchev–Trinajstić information content (AvgIpc) is 2.88. The van der Waals surface area contributed by atoms with Crippen molar-refractivity contribution in [3.05, 3.63) is 47.5 Å². The molecule has 0 aliphatic heterocycles. The van der Waals surface area contributed by atoms with Gasteiger partial charge in [0.25, 0.3) is 0 Å². The van der Waals surface area contributed by atoms with E-state index in [2.05, 4.69) is 37.9 Å². The van der Waals surface area contributed by atoms with Gasteiger partial charge in [-0.2, -0.15) is 5.26 Å². The van der Waals surface area contributed by atoms with Crippen LogP contribution in [0.15, 0.2) is 36.4 Å². The highest BCUT2D eigenvalue weighted by molar-refractivity contribution is 5.85. The maximum Gasteiger partial charge on any atom is 0.161 e. The molecule has 0 heterocycles. The number of likely N-dealkylation sites (N-methyl/N-ethyl adjacent to an activating group) is 1. The molecule has 36 heavy (non-hydrogen) atoms. The molecule has 0 radical (unpaired) electrons. The van der Waals surface area contributed by atoms with Gasteiger partial charge < -0.3 is 28.6 Å². The number of methoxy groups -OCH3 is 5. The first-order valence-corrected chi connectivity index (χ1v) is 11.9. The van der Waals surface area contributed by atoms with Gasteiger partial charge in [0.15, 0.2) is 23.0 Å². The molecule has 0 saturated heterocycles. The summed E-state index contributed by atoms with van der Waals surface area (Å²) in [5.41, 5.74) is 1.21. The molecule has 2 aromatic rings. The van der Waals surface area contributed by atoms with Gasteiger partial charge in [0.05, 0.1) is 40.6 Å². The smallest absolute Gasteiger partial charge is 0.161 e. The highest BCUT2D eigenvalue weighted by atomic mass is 35.5. The zero-order valence-electron chi connectivity index (χ0n) is 22.8. The highest BCUT2D eigenvalue weighted by Crippen LogP contribution is 2.41. The first-order valence-electron chi connectivity index (χ1n) is 11.9. The topological polar surface area (TPSA) is 73.2 Å². The fourth-order valence-corrected chi connectivity index (χ4v) is 4.59. The van der Waals surface area contributed by atoms with E-state index < -0.39 is 5.41 Å². The number of halogens is 1. The predicted octanol–water partition coefficient (Wildman–Crippen LogP) is 5.14. The third-order valence-corrected chi connectivity index (χ3v) is 6.75. The molecular weight excluding hydrogens is 480 g/mol. The molecule has 2 aromatic carbocycles. The number of nitriles is 1. The lowest BCUT2D eigenvalue weighted by Crippen LogP contribution is -2.45. The predicted molar refractivity (Wildman–Crippen MR) is 145 cm³/mol. The summed E-state index contributed by atoms with van der Waals surface area (Å²) >= 11 is 0. The molecule has 0 amide bonds. The first-order chi connectivity index (χ1) is 16.8. The SMILES string of the molecule is COc1ccc(CCN(C)CCC(OC)C(C#N)(c2ccc(OC)c(OC)c2)C(C)C)cc1OC.Cl. The number of rotatable bonds is 14. The van der Waals surface area contributed by atoms with Gasteiger partial charge in [-0.15, -0.1) is 12.4 Å². The normalized spacial score (nSPS) is 13.4. The number of hydrogen-bond acceptors (Lipinski definition) is 7. The van der Waals surface area contributed by atoms with Gasteiger partial charge in [0, 0.05) is 20.2 Å². The molecule has 0 aromatic heterocycles. The molecule has 0 bridgehead atoms. The second-order valence-electron chi connectivity index (χ2n) is 8.96. The third-order valence-electron chi connectivity index (χ3n) is 6.75. The molecule has 200 valence electrons. The molecule has 0 aliphatic carbocycles. The van der Waals surface area contributed by atoms with Crippen molar-refractivity contribution >= 4 is 12.4 Å². The fourth-order valence-electron chi connectivity index (χ4n) is 4.59.